The van der Waals surface area contributed by atoms with Gasteiger partial charge in [0.15, 0.2) is 0 Å². The lowest BCUT2D eigenvalue weighted by Gasteiger charge is -2.26. The van der Waals surface area contributed by atoms with Gasteiger partial charge in [0.2, 0.25) is 0 Å². The Labute approximate surface area is 91.0 Å². The third-order valence-corrected chi connectivity index (χ3v) is 2.70. The van der Waals surface area contributed by atoms with E-state index in [1.54, 1.807) is 0 Å². The van der Waals surface area contributed by atoms with Gasteiger partial charge < -0.3 is 10.1 Å². The molecule has 1 N–H and O–H groups in total. The third kappa shape index (κ3) is 2.39. The molecule has 1 aromatic rings. The van der Waals surface area contributed by atoms with Crippen molar-refractivity contribution in [3.8, 4) is 5.75 Å². The normalized spacial score (nSPS) is 19.1. The molecule has 2 nitrogen and oxygen atoms in total. The largest absolute Gasteiger partial charge is 0.493 e. The molecule has 0 aromatic heterocycles. The fourth-order valence-corrected chi connectivity index (χ4v) is 1.91. The van der Waals surface area contributed by atoms with E-state index >= 15 is 0 Å². The zero-order chi connectivity index (χ0) is 10.5. The van der Waals surface area contributed by atoms with E-state index in [1.165, 1.54) is 5.56 Å². The summed E-state index contributed by atoms with van der Waals surface area (Å²) in [6.45, 7) is 5.52. The van der Waals surface area contributed by atoms with E-state index in [9.17, 15) is 0 Å². The highest BCUT2D eigenvalue weighted by Crippen LogP contribution is 2.31. The number of ether oxygens (including phenoxy) is 1. The monoisotopic (exact) mass is 203 g/mol. The van der Waals surface area contributed by atoms with Gasteiger partial charge >= 0.3 is 0 Å². The van der Waals surface area contributed by atoms with Crippen LogP contribution in [0.4, 0.5) is 0 Å². The van der Waals surface area contributed by atoms with E-state index < -0.39 is 0 Å². The molecule has 2 rings (SSSR count). The van der Waals surface area contributed by atoms with Crippen LogP contribution in [0, 0.1) is 0 Å². The molecular formula is C13H17NO. The minimum absolute atomic E-state index is 0.440. The van der Waals surface area contributed by atoms with Crippen molar-refractivity contribution >= 4 is 0 Å². The van der Waals surface area contributed by atoms with Crippen molar-refractivity contribution in [2.45, 2.75) is 18.9 Å². The molecule has 0 spiro atoms. The predicted molar refractivity (Wildman–Crippen MR) is 62.1 cm³/mol. The molecule has 1 atom stereocenters. The summed E-state index contributed by atoms with van der Waals surface area (Å²) in [7, 11) is 0. The molecule has 80 valence electrons. The Morgan fingerprint density at radius 1 is 1.47 bits per heavy atom. The van der Waals surface area contributed by atoms with Gasteiger partial charge in [0.05, 0.1) is 6.61 Å². The lowest BCUT2D eigenvalue weighted by atomic mass is 10.0. The van der Waals surface area contributed by atoms with Gasteiger partial charge in [-0.1, -0.05) is 24.3 Å². The van der Waals surface area contributed by atoms with Gasteiger partial charge in [-0.25, -0.2) is 0 Å². The van der Waals surface area contributed by atoms with E-state index in [0.29, 0.717) is 6.04 Å². The van der Waals surface area contributed by atoms with Gasteiger partial charge in [-0.2, -0.15) is 0 Å². The molecule has 15 heavy (non-hydrogen) atoms. The number of rotatable bonds is 4. The van der Waals surface area contributed by atoms with Gasteiger partial charge in [0.25, 0.3) is 0 Å². The number of benzene rings is 1. The van der Waals surface area contributed by atoms with Crippen molar-refractivity contribution in [1.82, 2.24) is 5.32 Å². The maximum atomic E-state index is 5.60. The second-order valence-electron chi connectivity index (χ2n) is 3.76. The Bertz CT molecular complexity index is 335. The molecule has 0 radical (unpaired) electrons. The Balaban J connectivity index is 2.05. The zero-order valence-electron chi connectivity index (χ0n) is 8.91. The molecule has 2 heteroatoms. The van der Waals surface area contributed by atoms with Crippen LogP contribution in [-0.4, -0.2) is 13.2 Å². The molecule has 1 aliphatic heterocycles. The minimum atomic E-state index is 0.440. The van der Waals surface area contributed by atoms with Gasteiger partial charge in [-0.3, -0.25) is 0 Å². The number of hydrogen-bond acceptors (Lipinski definition) is 2. The number of para-hydroxylation sites is 1. The summed E-state index contributed by atoms with van der Waals surface area (Å²) in [5.41, 5.74) is 1.29. The maximum absolute atomic E-state index is 5.60. The van der Waals surface area contributed by atoms with E-state index in [-0.39, 0.29) is 0 Å². The van der Waals surface area contributed by atoms with E-state index in [4.69, 9.17) is 4.74 Å². The van der Waals surface area contributed by atoms with E-state index in [1.807, 2.05) is 18.2 Å². The van der Waals surface area contributed by atoms with Crippen LogP contribution in [0.15, 0.2) is 36.9 Å². The van der Waals surface area contributed by atoms with Crippen molar-refractivity contribution < 1.29 is 4.74 Å². The fraction of sp³-hybridized carbons (Fsp3) is 0.385. The predicted octanol–water partition coefficient (Wildman–Crippen LogP) is 2.68. The Morgan fingerprint density at radius 2 is 2.33 bits per heavy atom. The summed E-state index contributed by atoms with van der Waals surface area (Å²) in [5.74, 6) is 1.03. The van der Waals surface area contributed by atoms with Crippen molar-refractivity contribution in [3.63, 3.8) is 0 Å². The maximum Gasteiger partial charge on any atom is 0.124 e. The molecule has 0 aliphatic carbocycles. The van der Waals surface area contributed by atoms with Crippen LogP contribution in [0.5, 0.6) is 5.75 Å². The molecule has 0 saturated carbocycles. The Hall–Kier alpha value is -1.28. The van der Waals surface area contributed by atoms with Crippen LogP contribution in [0.25, 0.3) is 0 Å². The van der Waals surface area contributed by atoms with Crippen molar-refractivity contribution in [1.29, 1.82) is 0 Å². The van der Waals surface area contributed by atoms with Crippen LogP contribution in [0.1, 0.15) is 24.4 Å². The smallest absolute Gasteiger partial charge is 0.124 e. The SMILES string of the molecule is C=CCCNC1CCOc2ccccc21. The van der Waals surface area contributed by atoms with Crippen LogP contribution >= 0.6 is 0 Å². The van der Waals surface area contributed by atoms with Crippen LogP contribution in [0.3, 0.4) is 0 Å². The zero-order valence-corrected chi connectivity index (χ0v) is 8.91. The van der Waals surface area contributed by atoms with Crippen LogP contribution in [-0.2, 0) is 0 Å². The van der Waals surface area contributed by atoms with Crippen molar-refractivity contribution in [2.75, 3.05) is 13.2 Å². The quantitative estimate of drug-likeness (QED) is 0.600. The first-order valence-electron chi connectivity index (χ1n) is 5.48. The first kappa shape index (κ1) is 10.2. The van der Waals surface area contributed by atoms with Crippen LogP contribution in [0.2, 0.25) is 0 Å². The molecule has 0 fully saturated rings. The van der Waals surface area contributed by atoms with Gasteiger partial charge in [-0.05, 0) is 19.0 Å². The molecule has 1 aliphatic rings. The summed E-state index contributed by atoms with van der Waals surface area (Å²) in [5, 5.41) is 3.53. The topological polar surface area (TPSA) is 21.3 Å². The highest BCUT2D eigenvalue weighted by molar-refractivity contribution is 5.37. The van der Waals surface area contributed by atoms with Crippen molar-refractivity contribution in [3.05, 3.63) is 42.5 Å². The highest BCUT2D eigenvalue weighted by Gasteiger charge is 2.19. The van der Waals surface area contributed by atoms with Crippen LogP contribution < -0.4 is 10.1 Å². The average molecular weight is 203 g/mol. The summed E-state index contributed by atoms with van der Waals surface area (Å²) in [6, 6.07) is 8.70. The van der Waals surface area contributed by atoms with Gasteiger partial charge in [-0.15, -0.1) is 6.58 Å². The van der Waals surface area contributed by atoms with E-state index in [2.05, 4.69) is 24.0 Å². The molecule has 1 heterocycles. The Kier molecular flexibility index (Phi) is 3.41. The number of fused-ring (bicyclic) bond motifs is 1. The number of hydrogen-bond donors (Lipinski definition) is 1. The van der Waals surface area contributed by atoms with Gasteiger partial charge in [0, 0.05) is 18.0 Å². The molecule has 0 amide bonds. The first-order chi connectivity index (χ1) is 7.42. The van der Waals surface area contributed by atoms with Crippen molar-refractivity contribution in [2.24, 2.45) is 0 Å². The van der Waals surface area contributed by atoms with Gasteiger partial charge in [0.1, 0.15) is 5.75 Å². The first-order valence-corrected chi connectivity index (χ1v) is 5.48. The number of nitrogens with one attached hydrogen (secondary N) is 1. The average Bonchev–Trinajstić information content (AvgIpc) is 2.30. The third-order valence-electron chi connectivity index (χ3n) is 2.70. The lowest BCUT2D eigenvalue weighted by Crippen LogP contribution is -2.27. The molecule has 1 unspecified atom stereocenters. The fourth-order valence-electron chi connectivity index (χ4n) is 1.91. The standard InChI is InChI=1S/C13H17NO/c1-2-3-9-14-12-8-10-15-13-7-5-4-6-11(12)13/h2,4-7,12,14H,1,3,8-10H2. The molecule has 1 aromatic carbocycles. The molecule has 0 saturated heterocycles. The molecule has 0 bridgehead atoms. The molecular weight excluding hydrogens is 186 g/mol. The van der Waals surface area contributed by atoms with E-state index in [0.717, 1.165) is 31.7 Å². The summed E-state index contributed by atoms with van der Waals surface area (Å²) < 4.78 is 5.60. The highest BCUT2D eigenvalue weighted by atomic mass is 16.5. The second-order valence-corrected chi connectivity index (χ2v) is 3.76. The minimum Gasteiger partial charge on any atom is -0.493 e. The second kappa shape index (κ2) is 4.99. The summed E-state index contributed by atoms with van der Waals surface area (Å²) in [6.07, 6.45) is 4.01. The lowest BCUT2D eigenvalue weighted by molar-refractivity contribution is 0.253. The summed E-state index contributed by atoms with van der Waals surface area (Å²) >= 11 is 0. The Morgan fingerprint density at radius 3 is 3.20 bits per heavy atom. The summed E-state index contributed by atoms with van der Waals surface area (Å²) in [4.78, 5) is 0.